The molecule has 120 valence electrons. The Kier molecular flexibility index (Phi) is 5.68. The van der Waals surface area contributed by atoms with Gasteiger partial charge in [0.15, 0.2) is 0 Å². The van der Waals surface area contributed by atoms with Crippen LogP contribution in [0, 0.1) is 12.7 Å². The van der Waals surface area contributed by atoms with E-state index >= 15 is 0 Å². The van der Waals surface area contributed by atoms with Crippen LogP contribution in [-0.2, 0) is 14.8 Å². The van der Waals surface area contributed by atoms with E-state index in [0.29, 0.717) is 6.61 Å². The maximum Gasteiger partial charge on any atom is 0.240 e. The van der Waals surface area contributed by atoms with Gasteiger partial charge < -0.3 is 15.6 Å². The van der Waals surface area contributed by atoms with E-state index in [1.807, 2.05) is 0 Å². The highest BCUT2D eigenvalue weighted by Gasteiger charge is 2.24. The van der Waals surface area contributed by atoms with Crippen LogP contribution in [-0.4, -0.2) is 39.4 Å². The number of sulfonamides is 1. The molecule has 0 spiro atoms. The highest BCUT2D eigenvalue weighted by Crippen LogP contribution is 2.21. The molecule has 0 aromatic heterocycles. The third kappa shape index (κ3) is 4.92. The van der Waals surface area contributed by atoms with Gasteiger partial charge in [-0.15, -0.1) is 0 Å². The number of nitrogen functional groups attached to an aromatic ring is 1. The Morgan fingerprint density at radius 2 is 2.10 bits per heavy atom. The average molecular weight is 320 g/mol. The van der Waals surface area contributed by atoms with Crippen molar-refractivity contribution in [3.63, 3.8) is 0 Å². The van der Waals surface area contributed by atoms with Crippen LogP contribution in [0.4, 0.5) is 10.1 Å². The molecule has 0 heterocycles. The predicted molar refractivity (Wildman–Crippen MR) is 77.9 cm³/mol. The molecule has 0 saturated carbocycles. The van der Waals surface area contributed by atoms with E-state index in [9.17, 15) is 17.9 Å². The number of hydrogen-bond acceptors (Lipinski definition) is 5. The molecule has 1 rings (SSSR count). The third-order valence-electron chi connectivity index (χ3n) is 3.05. The summed E-state index contributed by atoms with van der Waals surface area (Å²) in [5, 5.41) is 10.0. The maximum absolute atomic E-state index is 13.4. The van der Waals surface area contributed by atoms with Gasteiger partial charge in [-0.25, -0.2) is 17.5 Å². The molecular weight excluding hydrogens is 299 g/mol. The number of benzene rings is 1. The van der Waals surface area contributed by atoms with Crippen molar-refractivity contribution in [2.75, 3.05) is 26.0 Å². The minimum Gasteiger partial charge on any atom is -0.396 e. The number of nitrogens with two attached hydrogens (primary N) is 1. The monoisotopic (exact) mass is 320 g/mol. The van der Waals surface area contributed by atoms with Crippen molar-refractivity contribution in [2.45, 2.75) is 30.8 Å². The second kappa shape index (κ2) is 6.69. The summed E-state index contributed by atoms with van der Waals surface area (Å²) in [6.45, 7) is 3.05. The standard InChI is InChI=1S/C13H21FN2O4S/c1-9-6-10(7-11(15)12(9)14)21(18,19)16-8-13(2,17)4-5-20-3/h6-7,16-17H,4-5,8,15H2,1-3H3. The molecule has 4 N–H and O–H groups in total. The van der Waals surface area contributed by atoms with Gasteiger partial charge in [-0.2, -0.15) is 0 Å². The predicted octanol–water partition coefficient (Wildman–Crippen LogP) is 0.782. The van der Waals surface area contributed by atoms with Gasteiger partial charge in [-0.3, -0.25) is 0 Å². The zero-order chi connectivity index (χ0) is 16.3. The Hall–Kier alpha value is -1.22. The molecule has 21 heavy (non-hydrogen) atoms. The zero-order valence-electron chi connectivity index (χ0n) is 12.3. The minimum absolute atomic E-state index is 0.138. The van der Waals surface area contributed by atoms with Gasteiger partial charge in [0.25, 0.3) is 0 Å². The fourth-order valence-electron chi connectivity index (χ4n) is 1.66. The summed E-state index contributed by atoms with van der Waals surface area (Å²) in [5.41, 5.74) is 4.09. The van der Waals surface area contributed by atoms with Crippen LogP contribution in [0.2, 0.25) is 0 Å². The van der Waals surface area contributed by atoms with Crippen LogP contribution in [0.5, 0.6) is 0 Å². The lowest BCUT2D eigenvalue weighted by Gasteiger charge is -2.23. The average Bonchev–Trinajstić information content (AvgIpc) is 2.40. The van der Waals surface area contributed by atoms with Crippen molar-refractivity contribution in [2.24, 2.45) is 0 Å². The number of methoxy groups -OCH3 is 1. The van der Waals surface area contributed by atoms with Crippen molar-refractivity contribution in [1.29, 1.82) is 0 Å². The van der Waals surface area contributed by atoms with E-state index in [-0.39, 0.29) is 29.1 Å². The normalized spacial score (nSPS) is 14.9. The van der Waals surface area contributed by atoms with E-state index in [2.05, 4.69) is 4.72 Å². The Bertz CT molecular complexity index is 579. The Morgan fingerprint density at radius 3 is 2.62 bits per heavy atom. The SMILES string of the molecule is COCCC(C)(O)CNS(=O)(=O)c1cc(C)c(F)c(N)c1. The van der Waals surface area contributed by atoms with E-state index in [1.54, 1.807) is 0 Å². The Labute approximate surface area is 124 Å². The number of ether oxygens (including phenoxy) is 1. The van der Waals surface area contributed by atoms with Gasteiger partial charge in [0, 0.05) is 26.7 Å². The highest BCUT2D eigenvalue weighted by molar-refractivity contribution is 7.89. The number of nitrogens with one attached hydrogen (secondary N) is 1. The second-order valence-electron chi connectivity index (χ2n) is 5.21. The third-order valence-corrected chi connectivity index (χ3v) is 4.43. The molecule has 0 radical (unpaired) electrons. The van der Waals surface area contributed by atoms with E-state index in [4.69, 9.17) is 10.5 Å². The lowest BCUT2D eigenvalue weighted by molar-refractivity contribution is 0.0292. The first-order chi connectivity index (χ1) is 9.59. The summed E-state index contributed by atoms with van der Waals surface area (Å²) in [7, 11) is -2.39. The van der Waals surface area contributed by atoms with Crippen LogP contribution in [0.3, 0.4) is 0 Å². The maximum atomic E-state index is 13.4. The lowest BCUT2D eigenvalue weighted by atomic mass is 10.0. The summed E-state index contributed by atoms with van der Waals surface area (Å²) in [5.74, 6) is -0.638. The van der Waals surface area contributed by atoms with Crippen molar-refractivity contribution in [3.8, 4) is 0 Å². The molecular formula is C13H21FN2O4S. The van der Waals surface area contributed by atoms with Crippen molar-refractivity contribution < 1.29 is 22.7 Å². The Morgan fingerprint density at radius 1 is 1.48 bits per heavy atom. The topological polar surface area (TPSA) is 102 Å². The number of anilines is 1. The molecule has 0 aliphatic rings. The summed E-state index contributed by atoms with van der Waals surface area (Å²) in [6, 6.07) is 2.24. The lowest BCUT2D eigenvalue weighted by Crippen LogP contribution is -2.41. The van der Waals surface area contributed by atoms with Crippen LogP contribution in [0.25, 0.3) is 0 Å². The fourth-order valence-corrected chi connectivity index (χ4v) is 2.94. The molecule has 1 aromatic rings. The number of aliphatic hydroxyl groups is 1. The molecule has 1 atom stereocenters. The molecule has 0 aliphatic heterocycles. The highest BCUT2D eigenvalue weighted by atomic mass is 32.2. The molecule has 0 bridgehead atoms. The molecule has 0 fully saturated rings. The molecule has 6 nitrogen and oxygen atoms in total. The van der Waals surface area contributed by atoms with Crippen molar-refractivity contribution in [1.82, 2.24) is 4.72 Å². The molecule has 8 heteroatoms. The molecule has 0 saturated heterocycles. The minimum atomic E-state index is -3.88. The van der Waals surface area contributed by atoms with Gasteiger partial charge in [0.1, 0.15) is 5.82 Å². The first-order valence-corrected chi connectivity index (χ1v) is 7.84. The molecule has 1 unspecified atom stereocenters. The van der Waals surface area contributed by atoms with E-state index < -0.39 is 21.4 Å². The van der Waals surface area contributed by atoms with Crippen LogP contribution >= 0.6 is 0 Å². The van der Waals surface area contributed by atoms with E-state index in [0.717, 1.165) is 6.07 Å². The van der Waals surface area contributed by atoms with Crippen LogP contribution < -0.4 is 10.5 Å². The summed E-state index contributed by atoms with van der Waals surface area (Å²) in [4.78, 5) is -0.138. The van der Waals surface area contributed by atoms with Gasteiger partial charge in [0.05, 0.1) is 16.2 Å². The van der Waals surface area contributed by atoms with Gasteiger partial charge in [-0.1, -0.05) is 0 Å². The first-order valence-electron chi connectivity index (χ1n) is 6.36. The van der Waals surface area contributed by atoms with Crippen LogP contribution in [0.15, 0.2) is 17.0 Å². The van der Waals surface area contributed by atoms with Crippen LogP contribution in [0.1, 0.15) is 18.9 Å². The first kappa shape index (κ1) is 17.8. The van der Waals surface area contributed by atoms with Crippen molar-refractivity contribution >= 4 is 15.7 Å². The number of hydrogen-bond donors (Lipinski definition) is 3. The summed E-state index contributed by atoms with van der Waals surface area (Å²) >= 11 is 0. The zero-order valence-corrected chi connectivity index (χ0v) is 13.1. The van der Waals surface area contributed by atoms with Gasteiger partial charge >= 0.3 is 0 Å². The van der Waals surface area contributed by atoms with Crippen molar-refractivity contribution in [3.05, 3.63) is 23.5 Å². The van der Waals surface area contributed by atoms with Gasteiger partial charge in [-0.05, 0) is 31.5 Å². The molecule has 0 amide bonds. The fraction of sp³-hybridized carbons (Fsp3) is 0.538. The summed E-state index contributed by atoms with van der Waals surface area (Å²) in [6.07, 6.45) is 0.274. The smallest absolute Gasteiger partial charge is 0.240 e. The summed E-state index contributed by atoms with van der Waals surface area (Å²) < 4.78 is 44.8. The Balaban J connectivity index is 2.88. The second-order valence-corrected chi connectivity index (χ2v) is 6.97. The van der Waals surface area contributed by atoms with E-state index in [1.165, 1.54) is 27.0 Å². The quantitative estimate of drug-likeness (QED) is 0.645. The number of aryl methyl sites for hydroxylation is 1. The number of rotatable bonds is 7. The molecule has 1 aromatic carbocycles. The largest absolute Gasteiger partial charge is 0.396 e. The number of halogens is 1. The van der Waals surface area contributed by atoms with Gasteiger partial charge in [0.2, 0.25) is 10.0 Å². The molecule has 0 aliphatic carbocycles.